The number of carbonyl (C=O) groups excluding carboxylic acids is 5. The monoisotopic (exact) mass is 766 g/mol. The smallest absolute Gasteiger partial charge is 0.341 e. The van der Waals surface area contributed by atoms with Crippen LogP contribution in [-0.4, -0.2) is 42.0 Å². The van der Waals surface area contributed by atoms with E-state index in [9.17, 15) is 24.0 Å². The minimum Gasteiger partial charge on any atom is -0.465 e. The van der Waals surface area contributed by atoms with E-state index in [4.69, 9.17) is 16.3 Å². The van der Waals surface area contributed by atoms with Crippen molar-refractivity contribution < 1.29 is 28.7 Å². The molecule has 4 N–H and O–H groups in total. The molecule has 0 spiro atoms. The van der Waals surface area contributed by atoms with Gasteiger partial charge in [0.2, 0.25) is 5.91 Å². The summed E-state index contributed by atoms with van der Waals surface area (Å²) in [6.45, 7) is 3.48. The third kappa shape index (κ3) is 10.0. The van der Waals surface area contributed by atoms with Crippen LogP contribution in [0, 0.1) is 6.92 Å². The Morgan fingerprint density at radius 3 is 2.15 bits per heavy atom. The number of halogens is 1. The number of esters is 1. The molecule has 1 aromatic heterocycles. The van der Waals surface area contributed by atoms with Crippen LogP contribution < -0.4 is 21.3 Å². The van der Waals surface area contributed by atoms with Crippen LogP contribution in [0.25, 0.3) is 6.08 Å². The molecular weight excluding hydrogens is 732 g/mol. The van der Waals surface area contributed by atoms with Gasteiger partial charge >= 0.3 is 5.97 Å². The van der Waals surface area contributed by atoms with E-state index in [1.807, 2.05) is 13.0 Å². The average molecular weight is 767 g/mol. The van der Waals surface area contributed by atoms with Gasteiger partial charge in [0.15, 0.2) is 0 Å². The predicted molar refractivity (Wildman–Crippen MR) is 212 cm³/mol. The first-order valence-electron chi connectivity index (χ1n) is 16.4. The number of ether oxygens (including phenoxy) is 1. The summed E-state index contributed by atoms with van der Waals surface area (Å²) >= 11 is 8.62. The molecule has 0 aliphatic carbocycles. The fraction of sp³-hybridized carbons (Fsp3) is 0.125. The van der Waals surface area contributed by atoms with E-state index in [-0.39, 0.29) is 27.0 Å². The molecule has 270 valence electrons. The molecule has 4 amide bonds. The average Bonchev–Trinajstić information content (AvgIpc) is 3.49. The first kappa shape index (κ1) is 38.5. The lowest BCUT2D eigenvalue weighted by Crippen LogP contribution is -2.30. The Labute approximate surface area is 320 Å². The quantitative estimate of drug-likeness (QED) is 0.0534. The number of para-hydroxylation sites is 1. The lowest BCUT2D eigenvalue weighted by Gasteiger charge is -2.16. The van der Waals surface area contributed by atoms with Crippen molar-refractivity contribution in [3.63, 3.8) is 0 Å². The van der Waals surface area contributed by atoms with Gasteiger partial charge < -0.3 is 26.0 Å². The summed E-state index contributed by atoms with van der Waals surface area (Å²) in [5, 5.41) is 11.2. The second-order valence-electron chi connectivity index (χ2n) is 11.5. The van der Waals surface area contributed by atoms with Gasteiger partial charge in [0.1, 0.15) is 10.7 Å². The zero-order chi connectivity index (χ0) is 37.9. The van der Waals surface area contributed by atoms with Gasteiger partial charge in [-0.3, -0.25) is 19.2 Å². The molecule has 1 heterocycles. The molecule has 4 aromatic carbocycles. The number of methoxy groups -OCH3 is 1. The van der Waals surface area contributed by atoms with E-state index < -0.39 is 28.9 Å². The van der Waals surface area contributed by atoms with Crippen LogP contribution in [0.1, 0.15) is 54.9 Å². The molecule has 0 saturated carbocycles. The van der Waals surface area contributed by atoms with Crippen molar-refractivity contribution in [1.29, 1.82) is 0 Å². The van der Waals surface area contributed by atoms with Crippen LogP contribution in [0.15, 0.2) is 120 Å². The summed E-state index contributed by atoms with van der Waals surface area (Å²) in [7, 11) is 1.23. The Hall–Kier alpha value is -5.69. The molecule has 0 aliphatic rings. The largest absolute Gasteiger partial charge is 0.465 e. The van der Waals surface area contributed by atoms with Crippen LogP contribution in [0.5, 0.6) is 0 Å². The lowest BCUT2D eigenvalue weighted by atomic mass is 10.1. The Morgan fingerprint density at radius 2 is 1.47 bits per heavy atom. The number of thioether (sulfide) groups is 1. The zero-order valence-corrected chi connectivity index (χ0v) is 31.3. The van der Waals surface area contributed by atoms with Crippen molar-refractivity contribution in [3.8, 4) is 0 Å². The van der Waals surface area contributed by atoms with Gasteiger partial charge in [-0.05, 0) is 79.1 Å². The van der Waals surface area contributed by atoms with E-state index >= 15 is 0 Å². The number of amides is 4. The molecule has 0 bridgehead atoms. The zero-order valence-electron chi connectivity index (χ0n) is 28.9. The second-order valence-corrected chi connectivity index (χ2v) is 14.2. The summed E-state index contributed by atoms with van der Waals surface area (Å²) in [6, 6.07) is 31.3. The highest BCUT2D eigenvalue weighted by atomic mass is 35.5. The number of hydrogen-bond donors (Lipinski definition) is 4. The van der Waals surface area contributed by atoms with Gasteiger partial charge in [0.05, 0.1) is 22.8 Å². The van der Waals surface area contributed by atoms with Crippen molar-refractivity contribution in [2.24, 2.45) is 0 Å². The summed E-state index contributed by atoms with van der Waals surface area (Å²) in [4.78, 5) is 67.2. The molecule has 0 saturated heterocycles. The van der Waals surface area contributed by atoms with Gasteiger partial charge in [-0.25, -0.2) is 4.79 Å². The highest BCUT2D eigenvalue weighted by molar-refractivity contribution is 8.00. The number of rotatable bonds is 13. The van der Waals surface area contributed by atoms with E-state index in [1.165, 1.54) is 24.9 Å². The van der Waals surface area contributed by atoms with Crippen molar-refractivity contribution in [1.82, 2.24) is 5.32 Å². The van der Waals surface area contributed by atoms with Crippen molar-refractivity contribution in [2.75, 3.05) is 23.1 Å². The molecule has 5 rings (SSSR count). The molecule has 1 atom stereocenters. The number of benzene rings is 4. The Balaban J connectivity index is 1.32. The topological polar surface area (TPSA) is 143 Å². The molecule has 0 radical (unpaired) electrons. The fourth-order valence-corrected chi connectivity index (χ4v) is 7.39. The normalized spacial score (nSPS) is 11.6. The molecule has 13 heteroatoms. The van der Waals surface area contributed by atoms with Gasteiger partial charge in [0.25, 0.3) is 17.7 Å². The maximum atomic E-state index is 13.7. The van der Waals surface area contributed by atoms with Crippen molar-refractivity contribution in [3.05, 3.63) is 147 Å². The number of carbonyl (C=O) groups is 5. The standard InChI is InChI=1S/C40H35ClN4O6S2/c1-4-32(37(48)45-39-33(40(50)51-3)24(2)34(53-39)38(49)42-27-17-9-6-10-18-27)52-29-20-13-19-28(23-29)43-36(47)31(22-26-16-11-12-21-30(26)41)44-35(46)25-14-7-5-8-15-25/h5-23,32H,4H2,1-3H3,(H,42,49)(H,43,47)(H,44,46)(H,45,48)/b31-22+. The van der Waals surface area contributed by atoms with Crippen molar-refractivity contribution in [2.45, 2.75) is 30.4 Å². The second kappa shape index (κ2) is 18.2. The van der Waals surface area contributed by atoms with Gasteiger partial charge in [-0.2, -0.15) is 0 Å². The summed E-state index contributed by atoms with van der Waals surface area (Å²) in [6.07, 6.45) is 1.92. The number of anilines is 3. The molecule has 0 fully saturated rings. The lowest BCUT2D eigenvalue weighted by molar-refractivity contribution is -0.116. The third-order valence-electron chi connectivity index (χ3n) is 7.78. The molecule has 5 aromatic rings. The number of thiophene rings is 1. The maximum absolute atomic E-state index is 13.7. The summed E-state index contributed by atoms with van der Waals surface area (Å²) < 4.78 is 4.99. The van der Waals surface area contributed by atoms with Crippen LogP contribution in [0.4, 0.5) is 16.4 Å². The van der Waals surface area contributed by atoms with Crippen LogP contribution in [0.2, 0.25) is 5.02 Å². The SMILES string of the molecule is CCC(Sc1cccc(NC(=O)/C(=C\c2ccccc2Cl)NC(=O)c2ccccc2)c1)C(=O)Nc1sc(C(=O)Nc2ccccc2)c(C)c1C(=O)OC. The number of nitrogens with one attached hydrogen (secondary N) is 4. The Kier molecular flexibility index (Phi) is 13.2. The van der Waals surface area contributed by atoms with E-state index in [0.717, 1.165) is 11.3 Å². The Bertz CT molecular complexity index is 2170. The molecule has 10 nitrogen and oxygen atoms in total. The van der Waals surface area contributed by atoms with Gasteiger partial charge in [0, 0.05) is 26.9 Å². The van der Waals surface area contributed by atoms with Gasteiger partial charge in [-0.1, -0.05) is 79.2 Å². The third-order valence-corrected chi connectivity index (χ3v) is 10.7. The highest BCUT2D eigenvalue weighted by Crippen LogP contribution is 2.36. The van der Waals surface area contributed by atoms with Crippen molar-refractivity contribution >= 4 is 86.7 Å². The van der Waals surface area contributed by atoms with Gasteiger partial charge in [-0.15, -0.1) is 23.1 Å². The maximum Gasteiger partial charge on any atom is 0.341 e. The fourth-order valence-electron chi connectivity index (χ4n) is 5.09. The molecule has 53 heavy (non-hydrogen) atoms. The molecular formula is C40H35ClN4O6S2. The summed E-state index contributed by atoms with van der Waals surface area (Å²) in [5.74, 6) is -2.55. The first-order valence-corrected chi connectivity index (χ1v) is 18.4. The number of hydrogen-bond acceptors (Lipinski definition) is 8. The minimum atomic E-state index is -0.681. The minimum absolute atomic E-state index is 0.0275. The van der Waals surface area contributed by atoms with Crippen LogP contribution in [-0.2, 0) is 14.3 Å². The first-order chi connectivity index (χ1) is 25.6. The molecule has 0 aliphatic heterocycles. The molecule has 1 unspecified atom stereocenters. The Morgan fingerprint density at radius 1 is 0.811 bits per heavy atom. The van der Waals surface area contributed by atoms with Crippen LogP contribution in [0.3, 0.4) is 0 Å². The predicted octanol–water partition coefficient (Wildman–Crippen LogP) is 8.67. The summed E-state index contributed by atoms with van der Waals surface area (Å²) in [5.41, 5.74) is 2.38. The highest BCUT2D eigenvalue weighted by Gasteiger charge is 2.28. The van der Waals surface area contributed by atoms with Crippen LogP contribution >= 0.6 is 34.7 Å². The van der Waals surface area contributed by atoms with E-state index in [0.29, 0.717) is 44.4 Å². The van der Waals surface area contributed by atoms with E-state index in [1.54, 1.807) is 110 Å². The van der Waals surface area contributed by atoms with E-state index in [2.05, 4.69) is 21.3 Å².